The van der Waals surface area contributed by atoms with E-state index in [0.29, 0.717) is 51.9 Å². The van der Waals surface area contributed by atoms with E-state index in [1.807, 2.05) is 16.7 Å². The van der Waals surface area contributed by atoms with Gasteiger partial charge in [-0.25, -0.2) is 0 Å². The first-order valence-corrected chi connectivity index (χ1v) is 9.15. The van der Waals surface area contributed by atoms with E-state index in [1.165, 1.54) is 0 Å². The summed E-state index contributed by atoms with van der Waals surface area (Å²) >= 11 is 0. The van der Waals surface area contributed by atoms with Crippen molar-refractivity contribution in [2.45, 2.75) is 44.6 Å². The molecule has 0 unspecified atom stereocenters. The van der Waals surface area contributed by atoms with Gasteiger partial charge in [0.1, 0.15) is 5.54 Å². The minimum atomic E-state index is -0.494. The summed E-state index contributed by atoms with van der Waals surface area (Å²) < 4.78 is 0. The van der Waals surface area contributed by atoms with Crippen LogP contribution in [-0.4, -0.2) is 72.3 Å². The Labute approximate surface area is 143 Å². The molecular weight excluding hydrogens is 308 g/mol. The number of likely N-dealkylation sites (tertiary alicyclic amines) is 2. The third-order valence-electron chi connectivity index (χ3n) is 5.58. The Morgan fingerprint density at radius 2 is 2.00 bits per heavy atom. The fraction of sp³-hybridized carbons (Fsp3) is 0.824. The zero-order valence-electron chi connectivity index (χ0n) is 14.5. The van der Waals surface area contributed by atoms with Gasteiger partial charge in [-0.1, -0.05) is 6.92 Å². The number of hydrogen-bond donors (Lipinski definition) is 2. The number of hydrogen-bond acceptors (Lipinski definition) is 4. The molecule has 0 aromatic carbocycles. The van der Waals surface area contributed by atoms with Crippen molar-refractivity contribution in [3.05, 3.63) is 0 Å². The lowest BCUT2D eigenvalue weighted by Crippen LogP contribution is -2.67. The quantitative estimate of drug-likeness (QED) is 0.742. The van der Waals surface area contributed by atoms with Crippen LogP contribution in [-0.2, 0) is 14.4 Å². The number of nitrogens with zero attached hydrogens (tertiary/aromatic N) is 2. The monoisotopic (exact) mass is 336 g/mol. The highest BCUT2D eigenvalue weighted by Crippen LogP contribution is 2.27. The van der Waals surface area contributed by atoms with Crippen molar-refractivity contribution in [3.8, 4) is 0 Å². The van der Waals surface area contributed by atoms with E-state index in [4.69, 9.17) is 0 Å². The largest absolute Gasteiger partial charge is 0.353 e. The highest BCUT2D eigenvalue weighted by molar-refractivity contribution is 5.88. The predicted molar refractivity (Wildman–Crippen MR) is 89.2 cm³/mol. The Bertz CT molecular complexity index is 514. The lowest BCUT2D eigenvalue weighted by atomic mass is 9.84. The molecule has 3 fully saturated rings. The summed E-state index contributed by atoms with van der Waals surface area (Å²) in [6, 6.07) is 0. The van der Waals surface area contributed by atoms with Crippen molar-refractivity contribution in [1.29, 1.82) is 0 Å². The van der Waals surface area contributed by atoms with Gasteiger partial charge in [0.25, 0.3) is 0 Å². The van der Waals surface area contributed by atoms with E-state index < -0.39 is 5.54 Å². The Hall–Kier alpha value is -1.63. The molecule has 7 nitrogen and oxygen atoms in total. The Morgan fingerprint density at radius 1 is 1.25 bits per heavy atom. The molecule has 3 amide bonds. The molecule has 0 aliphatic carbocycles. The van der Waals surface area contributed by atoms with E-state index in [0.717, 1.165) is 19.5 Å². The molecule has 24 heavy (non-hydrogen) atoms. The molecule has 134 valence electrons. The minimum Gasteiger partial charge on any atom is -0.353 e. The summed E-state index contributed by atoms with van der Waals surface area (Å²) in [5.41, 5.74) is -0.494. The molecule has 3 saturated heterocycles. The fourth-order valence-electron chi connectivity index (χ4n) is 4.10. The SMILES string of the molecule is CCCN1C[C@@H](C(=O)N2CCC3(CC2)NCCNC3=O)CCC1=O. The average Bonchev–Trinajstić information content (AvgIpc) is 2.60. The minimum absolute atomic E-state index is 0.0678. The molecule has 1 atom stereocenters. The number of nitrogens with one attached hydrogen (secondary N) is 2. The van der Waals surface area contributed by atoms with Gasteiger partial charge >= 0.3 is 0 Å². The maximum atomic E-state index is 12.8. The van der Waals surface area contributed by atoms with Crippen LogP contribution in [0.5, 0.6) is 0 Å². The summed E-state index contributed by atoms with van der Waals surface area (Å²) in [4.78, 5) is 40.6. The van der Waals surface area contributed by atoms with Gasteiger partial charge in [0, 0.05) is 45.7 Å². The molecule has 3 heterocycles. The number of carbonyl (C=O) groups excluding carboxylic acids is 3. The summed E-state index contributed by atoms with van der Waals surface area (Å²) in [6.45, 7) is 6.00. The van der Waals surface area contributed by atoms with Crippen LogP contribution in [0.15, 0.2) is 0 Å². The summed E-state index contributed by atoms with van der Waals surface area (Å²) in [5.74, 6) is 0.297. The van der Waals surface area contributed by atoms with E-state index >= 15 is 0 Å². The standard InChI is InChI=1S/C17H28N4O3/c1-2-9-21-12-13(3-4-14(21)22)15(23)20-10-5-17(6-11-20)16(24)18-7-8-19-17/h13,19H,2-12H2,1H3,(H,18,24)/t13-/m0/s1. The zero-order chi connectivity index (χ0) is 17.2. The average molecular weight is 336 g/mol. The molecule has 7 heteroatoms. The third kappa shape index (κ3) is 3.27. The molecule has 0 saturated carbocycles. The fourth-order valence-corrected chi connectivity index (χ4v) is 4.10. The van der Waals surface area contributed by atoms with Gasteiger partial charge in [0.2, 0.25) is 17.7 Å². The van der Waals surface area contributed by atoms with Crippen molar-refractivity contribution in [2.75, 3.05) is 39.3 Å². The van der Waals surface area contributed by atoms with Gasteiger partial charge in [-0.2, -0.15) is 0 Å². The smallest absolute Gasteiger partial charge is 0.240 e. The molecule has 0 aromatic rings. The van der Waals surface area contributed by atoms with Crippen LogP contribution >= 0.6 is 0 Å². The highest BCUT2D eigenvalue weighted by Gasteiger charge is 2.44. The summed E-state index contributed by atoms with van der Waals surface area (Å²) in [6.07, 6.45) is 3.36. The second-order valence-corrected chi connectivity index (χ2v) is 7.17. The van der Waals surface area contributed by atoms with E-state index in [2.05, 4.69) is 10.6 Å². The van der Waals surface area contributed by atoms with Crippen LogP contribution in [0.4, 0.5) is 0 Å². The van der Waals surface area contributed by atoms with Crippen LogP contribution in [0.25, 0.3) is 0 Å². The van der Waals surface area contributed by atoms with Crippen molar-refractivity contribution >= 4 is 17.7 Å². The highest BCUT2D eigenvalue weighted by atomic mass is 16.2. The number of rotatable bonds is 3. The number of amides is 3. The molecule has 1 spiro atoms. The van der Waals surface area contributed by atoms with Crippen molar-refractivity contribution in [1.82, 2.24) is 20.4 Å². The maximum absolute atomic E-state index is 12.8. The predicted octanol–water partition coefficient (Wildman–Crippen LogP) is -0.284. The zero-order valence-corrected chi connectivity index (χ0v) is 14.5. The molecular formula is C17H28N4O3. The number of carbonyl (C=O) groups is 3. The summed E-state index contributed by atoms with van der Waals surface area (Å²) in [5, 5.41) is 6.28. The molecule has 0 bridgehead atoms. The molecule has 0 aromatic heterocycles. The molecule has 3 aliphatic heterocycles. The third-order valence-corrected chi connectivity index (χ3v) is 5.58. The molecule has 2 N–H and O–H groups in total. The first-order chi connectivity index (χ1) is 11.6. The van der Waals surface area contributed by atoms with Gasteiger partial charge in [0.05, 0.1) is 5.92 Å². The lowest BCUT2D eigenvalue weighted by Gasteiger charge is -2.44. The van der Waals surface area contributed by atoms with E-state index in [1.54, 1.807) is 0 Å². The van der Waals surface area contributed by atoms with E-state index in [-0.39, 0.29) is 23.6 Å². The second-order valence-electron chi connectivity index (χ2n) is 7.17. The van der Waals surface area contributed by atoms with Crippen LogP contribution < -0.4 is 10.6 Å². The maximum Gasteiger partial charge on any atom is 0.240 e. The Kier molecular flexibility index (Phi) is 5.08. The van der Waals surface area contributed by atoms with Gasteiger partial charge in [0.15, 0.2) is 0 Å². The van der Waals surface area contributed by atoms with Crippen LogP contribution in [0.2, 0.25) is 0 Å². The Balaban J connectivity index is 1.57. The van der Waals surface area contributed by atoms with E-state index in [9.17, 15) is 14.4 Å². The van der Waals surface area contributed by atoms with Crippen LogP contribution in [0, 0.1) is 5.92 Å². The lowest BCUT2D eigenvalue weighted by molar-refractivity contribution is -0.146. The van der Waals surface area contributed by atoms with Crippen molar-refractivity contribution < 1.29 is 14.4 Å². The van der Waals surface area contributed by atoms with Gasteiger partial charge in [-0.15, -0.1) is 0 Å². The van der Waals surface area contributed by atoms with Gasteiger partial charge in [-0.05, 0) is 25.7 Å². The first-order valence-electron chi connectivity index (χ1n) is 9.15. The van der Waals surface area contributed by atoms with Crippen molar-refractivity contribution in [2.24, 2.45) is 5.92 Å². The first kappa shape index (κ1) is 17.2. The molecule has 3 rings (SSSR count). The van der Waals surface area contributed by atoms with Crippen molar-refractivity contribution in [3.63, 3.8) is 0 Å². The van der Waals surface area contributed by atoms with Gasteiger partial charge < -0.3 is 20.4 Å². The topological polar surface area (TPSA) is 81.8 Å². The Morgan fingerprint density at radius 3 is 2.67 bits per heavy atom. The number of piperazine rings is 1. The number of piperidine rings is 2. The molecule has 3 aliphatic rings. The normalized spacial score (nSPS) is 27.3. The second kappa shape index (κ2) is 7.09. The summed E-state index contributed by atoms with van der Waals surface area (Å²) in [7, 11) is 0. The van der Waals surface area contributed by atoms with Crippen LogP contribution in [0.1, 0.15) is 39.0 Å². The van der Waals surface area contributed by atoms with Crippen LogP contribution in [0.3, 0.4) is 0 Å². The molecule has 0 radical (unpaired) electrons. The van der Waals surface area contributed by atoms with Gasteiger partial charge in [-0.3, -0.25) is 14.4 Å².